The molecule has 1 aliphatic heterocycles. The Balaban J connectivity index is 1.41. The summed E-state index contributed by atoms with van der Waals surface area (Å²) in [6, 6.07) is 4.68. The molecule has 0 amide bonds. The van der Waals surface area contributed by atoms with Crippen molar-refractivity contribution in [3.05, 3.63) is 39.0 Å². The average molecular weight is 572 g/mol. The minimum absolute atomic E-state index is 0.0826. The number of hydrogen-bond donors (Lipinski definition) is 2. The van der Waals surface area contributed by atoms with Crippen molar-refractivity contribution in [2.24, 2.45) is 11.8 Å². The zero-order valence-electron chi connectivity index (χ0n) is 24.1. The van der Waals surface area contributed by atoms with Crippen molar-refractivity contribution >= 4 is 20.9 Å². The number of nitrogens with zero attached hydrogens (tertiary/aromatic N) is 3. The maximum atomic E-state index is 14.0. The molecule has 6 rings (SSSR count). The van der Waals surface area contributed by atoms with E-state index in [0.29, 0.717) is 29.9 Å². The van der Waals surface area contributed by atoms with E-state index in [1.807, 2.05) is 6.92 Å². The summed E-state index contributed by atoms with van der Waals surface area (Å²) in [6.45, 7) is 3.54. The van der Waals surface area contributed by atoms with Gasteiger partial charge in [0, 0.05) is 43.7 Å². The van der Waals surface area contributed by atoms with Crippen molar-refractivity contribution in [1.29, 1.82) is 0 Å². The predicted octanol–water partition coefficient (Wildman–Crippen LogP) is 3.73. The van der Waals surface area contributed by atoms with Crippen LogP contribution in [0, 0.1) is 11.8 Å². The minimum Gasteiger partial charge on any atom is -0.293 e. The van der Waals surface area contributed by atoms with Gasteiger partial charge in [-0.1, -0.05) is 51.4 Å². The number of hydrogen-bond acceptors (Lipinski definition) is 6. The van der Waals surface area contributed by atoms with Gasteiger partial charge in [0.15, 0.2) is 0 Å². The fourth-order valence-corrected chi connectivity index (χ4v) is 8.54. The predicted molar refractivity (Wildman–Crippen MR) is 157 cm³/mol. The van der Waals surface area contributed by atoms with Gasteiger partial charge in [0.1, 0.15) is 0 Å². The fourth-order valence-electron chi connectivity index (χ4n) is 7.05. The molecular formula is C30H45N5O4S. The first kappa shape index (κ1) is 28.1. The molecule has 0 bridgehead atoms. The molecule has 2 N–H and O–H groups in total. The maximum Gasteiger partial charge on any atom is 0.331 e. The normalized spacial score (nSPS) is 25.1. The number of nitrogens with one attached hydrogen (secondary N) is 2. The zero-order chi connectivity index (χ0) is 28.1. The number of hydrazine groups is 1. The van der Waals surface area contributed by atoms with Crippen molar-refractivity contribution in [2.75, 3.05) is 13.6 Å². The quantitative estimate of drug-likeness (QED) is 0.500. The van der Waals surface area contributed by atoms with Gasteiger partial charge in [-0.05, 0) is 63.1 Å². The third-order valence-corrected chi connectivity index (χ3v) is 11.6. The standard InChI is InChI=1S/C30H45N5O4S/c1-29(16-17-29)32-40(38,39)24-11-12-26-25(19-24)27(36)35(28(37)34(26)18-13-22-9-10-22)21-23-20-33(2)31-30(23)14-7-5-3-4-6-8-15-30/h11-12,19,22-23,31-32H,3-10,13-18,20-21H2,1-2H3. The maximum absolute atomic E-state index is 14.0. The second-order valence-electron chi connectivity index (χ2n) is 13.4. The van der Waals surface area contributed by atoms with Crippen molar-refractivity contribution in [3.8, 4) is 0 Å². The van der Waals surface area contributed by atoms with Crippen LogP contribution in [0.4, 0.5) is 0 Å². The minimum atomic E-state index is -3.78. The van der Waals surface area contributed by atoms with Gasteiger partial charge in [-0.15, -0.1) is 0 Å². The van der Waals surface area contributed by atoms with Crippen LogP contribution in [0.2, 0.25) is 0 Å². The molecule has 1 spiro atoms. The van der Waals surface area contributed by atoms with Crippen LogP contribution in [0.1, 0.15) is 90.4 Å². The lowest BCUT2D eigenvalue weighted by atomic mass is 9.78. The fraction of sp³-hybridized carbons (Fsp3) is 0.733. The van der Waals surface area contributed by atoms with E-state index in [4.69, 9.17) is 0 Å². The van der Waals surface area contributed by atoms with Gasteiger partial charge in [-0.2, -0.15) is 0 Å². The number of aromatic nitrogens is 2. The van der Waals surface area contributed by atoms with E-state index in [0.717, 1.165) is 51.5 Å². The van der Waals surface area contributed by atoms with Crippen LogP contribution in [-0.4, -0.2) is 47.2 Å². The van der Waals surface area contributed by atoms with Crippen LogP contribution in [0.3, 0.4) is 0 Å². The molecule has 4 fully saturated rings. The molecule has 2 aromatic rings. The highest BCUT2D eigenvalue weighted by atomic mass is 32.2. The van der Waals surface area contributed by atoms with Crippen molar-refractivity contribution in [2.45, 2.75) is 119 Å². The zero-order valence-corrected chi connectivity index (χ0v) is 24.9. The average Bonchev–Trinajstić information content (AvgIpc) is 3.83. The highest BCUT2D eigenvalue weighted by Crippen LogP contribution is 2.38. The Morgan fingerprint density at radius 1 is 0.975 bits per heavy atom. The van der Waals surface area contributed by atoms with E-state index < -0.39 is 15.6 Å². The van der Waals surface area contributed by atoms with E-state index in [9.17, 15) is 18.0 Å². The Hall–Kier alpha value is -2.01. The van der Waals surface area contributed by atoms with Crippen LogP contribution in [0.5, 0.6) is 0 Å². The molecule has 10 heteroatoms. The Kier molecular flexibility index (Phi) is 7.51. The number of sulfonamides is 1. The molecule has 40 heavy (non-hydrogen) atoms. The third-order valence-electron chi connectivity index (χ3n) is 9.93. The molecule has 9 nitrogen and oxygen atoms in total. The Morgan fingerprint density at radius 2 is 1.65 bits per heavy atom. The van der Waals surface area contributed by atoms with Gasteiger partial charge in [0.05, 0.1) is 15.8 Å². The molecule has 220 valence electrons. The van der Waals surface area contributed by atoms with Gasteiger partial charge in [0.2, 0.25) is 10.0 Å². The smallest absolute Gasteiger partial charge is 0.293 e. The summed E-state index contributed by atoms with van der Waals surface area (Å²) in [4.78, 5) is 28.1. The number of rotatable bonds is 8. The molecule has 0 radical (unpaired) electrons. The molecule has 1 aromatic carbocycles. The Bertz CT molecular complexity index is 1480. The second-order valence-corrected chi connectivity index (χ2v) is 15.1. The van der Waals surface area contributed by atoms with Crippen LogP contribution in [-0.2, 0) is 23.1 Å². The monoisotopic (exact) mass is 571 g/mol. The molecule has 1 saturated heterocycles. The van der Waals surface area contributed by atoms with Crippen LogP contribution >= 0.6 is 0 Å². The lowest BCUT2D eigenvalue weighted by molar-refractivity contribution is 0.177. The van der Waals surface area contributed by atoms with E-state index in [1.165, 1.54) is 55.2 Å². The van der Waals surface area contributed by atoms with E-state index in [-0.39, 0.29) is 27.6 Å². The van der Waals surface area contributed by atoms with E-state index in [2.05, 4.69) is 22.2 Å². The summed E-state index contributed by atoms with van der Waals surface area (Å²) in [6.07, 6.45) is 14.2. The summed E-state index contributed by atoms with van der Waals surface area (Å²) in [5, 5.41) is 2.44. The topological polar surface area (TPSA) is 105 Å². The summed E-state index contributed by atoms with van der Waals surface area (Å²) in [5.41, 5.74) is 3.08. The molecular weight excluding hydrogens is 526 g/mol. The van der Waals surface area contributed by atoms with Gasteiger partial charge in [-0.3, -0.25) is 13.9 Å². The van der Waals surface area contributed by atoms with Crippen LogP contribution in [0.25, 0.3) is 10.9 Å². The molecule has 1 atom stereocenters. The Morgan fingerprint density at radius 3 is 2.30 bits per heavy atom. The van der Waals surface area contributed by atoms with Crippen molar-refractivity contribution in [3.63, 3.8) is 0 Å². The van der Waals surface area contributed by atoms with E-state index in [1.54, 1.807) is 10.6 Å². The third kappa shape index (κ3) is 5.69. The lowest BCUT2D eigenvalue weighted by Crippen LogP contribution is -2.51. The summed E-state index contributed by atoms with van der Waals surface area (Å²) < 4.78 is 32.4. The highest BCUT2D eigenvalue weighted by Gasteiger charge is 2.45. The second kappa shape index (κ2) is 10.7. The number of aryl methyl sites for hydroxylation is 1. The van der Waals surface area contributed by atoms with Gasteiger partial charge >= 0.3 is 5.69 Å². The first-order valence-corrected chi connectivity index (χ1v) is 16.9. The molecule has 4 aliphatic rings. The first-order valence-electron chi connectivity index (χ1n) is 15.4. The molecule has 1 unspecified atom stereocenters. The molecule has 2 heterocycles. The first-order chi connectivity index (χ1) is 19.1. The molecule has 1 aromatic heterocycles. The molecule has 3 aliphatic carbocycles. The van der Waals surface area contributed by atoms with Crippen molar-refractivity contribution < 1.29 is 8.42 Å². The van der Waals surface area contributed by atoms with Gasteiger partial charge in [-0.25, -0.2) is 28.4 Å². The lowest BCUT2D eigenvalue weighted by Gasteiger charge is -2.35. The largest absolute Gasteiger partial charge is 0.331 e. The molecule has 3 saturated carbocycles. The summed E-state index contributed by atoms with van der Waals surface area (Å²) >= 11 is 0. The van der Waals surface area contributed by atoms with Gasteiger partial charge < -0.3 is 0 Å². The SMILES string of the molecule is CN1CC(Cn2c(=O)c3cc(S(=O)(=O)NC4(C)CC4)ccc3n(CCC3CC3)c2=O)C2(CCCCCCCC2)N1. The van der Waals surface area contributed by atoms with Gasteiger partial charge in [0.25, 0.3) is 5.56 Å². The highest BCUT2D eigenvalue weighted by molar-refractivity contribution is 7.89. The Labute approximate surface area is 237 Å². The van der Waals surface area contributed by atoms with Crippen LogP contribution in [0.15, 0.2) is 32.7 Å². The van der Waals surface area contributed by atoms with Crippen molar-refractivity contribution in [1.82, 2.24) is 24.3 Å². The number of fused-ring (bicyclic) bond motifs is 1. The summed E-state index contributed by atoms with van der Waals surface area (Å²) in [5.74, 6) is 0.735. The van der Waals surface area contributed by atoms with Crippen LogP contribution < -0.4 is 21.4 Å². The van der Waals surface area contributed by atoms with E-state index >= 15 is 0 Å². The number of benzene rings is 1. The summed E-state index contributed by atoms with van der Waals surface area (Å²) in [7, 11) is -1.73.